The maximum atomic E-state index is 11.8. The van der Waals surface area contributed by atoms with Crippen LogP contribution < -0.4 is 10.6 Å². The largest absolute Gasteiger partial charge is 0.444 e. The van der Waals surface area contributed by atoms with Crippen molar-refractivity contribution >= 4 is 11.8 Å². The number of nitrogens with one attached hydrogen (secondary N) is 2. The van der Waals surface area contributed by atoms with E-state index < -0.39 is 5.60 Å². The van der Waals surface area contributed by atoms with E-state index in [4.69, 9.17) is 4.74 Å². The van der Waals surface area contributed by atoms with Crippen molar-refractivity contribution in [1.82, 2.24) is 5.32 Å². The van der Waals surface area contributed by atoms with Gasteiger partial charge in [-0.3, -0.25) is 0 Å². The molecule has 23 heavy (non-hydrogen) atoms. The van der Waals surface area contributed by atoms with Gasteiger partial charge in [0, 0.05) is 17.8 Å². The van der Waals surface area contributed by atoms with Crippen molar-refractivity contribution in [1.29, 1.82) is 0 Å². The van der Waals surface area contributed by atoms with Gasteiger partial charge in [-0.15, -0.1) is 0 Å². The van der Waals surface area contributed by atoms with Crippen LogP contribution in [0.3, 0.4) is 0 Å². The molecule has 0 bridgehead atoms. The van der Waals surface area contributed by atoms with Crippen LogP contribution in [0.4, 0.5) is 10.5 Å². The van der Waals surface area contributed by atoms with E-state index in [9.17, 15) is 4.79 Å². The van der Waals surface area contributed by atoms with E-state index >= 15 is 0 Å². The lowest BCUT2D eigenvalue weighted by molar-refractivity contribution is 0.0505. The van der Waals surface area contributed by atoms with Gasteiger partial charge in [-0.1, -0.05) is 26.0 Å². The fraction of sp³-hybridized carbons (Fsp3) is 0.632. The van der Waals surface area contributed by atoms with Crippen molar-refractivity contribution in [2.24, 2.45) is 0 Å². The van der Waals surface area contributed by atoms with Crippen molar-refractivity contribution in [3.8, 4) is 0 Å². The highest BCUT2D eigenvalue weighted by atomic mass is 16.6. The monoisotopic (exact) mass is 318 g/mol. The summed E-state index contributed by atoms with van der Waals surface area (Å²) in [7, 11) is 0. The Balaban J connectivity index is 1.84. The molecule has 0 radical (unpaired) electrons. The minimum Gasteiger partial charge on any atom is -0.444 e. The molecule has 1 aliphatic carbocycles. The zero-order valence-corrected chi connectivity index (χ0v) is 15.0. The van der Waals surface area contributed by atoms with Gasteiger partial charge in [0.1, 0.15) is 5.60 Å². The highest BCUT2D eigenvalue weighted by Crippen LogP contribution is 2.25. The Morgan fingerprint density at radius 3 is 2.57 bits per heavy atom. The molecular formula is C19H30N2O2. The van der Waals surface area contributed by atoms with Crippen molar-refractivity contribution in [3.63, 3.8) is 0 Å². The number of anilines is 1. The SMILES string of the molecule is CC(C)c1cccc(NC2CCC(NC(=O)OC(C)(C)C)C2)c1. The van der Waals surface area contributed by atoms with E-state index in [0.717, 1.165) is 19.3 Å². The minimum absolute atomic E-state index is 0.190. The summed E-state index contributed by atoms with van der Waals surface area (Å²) >= 11 is 0. The van der Waals surface area contributed by atoms with Crippen molar-refractivity contribution < 1.29 is 9.53 Å². The van der Waals surface area contributed by atoms with Crippen LogP contribution in [0.25, 0.3) is 0 Å². The van der Waals surface area contributed by atoms with Crippen molar-refractivity contribution in [3.05, 3.63) is 29.8 Å². The summed E-state index contributed by atoms with van der Waals surface area (Å²) in [5.41, 5.74) is 2.06. The maximum Gasteiger partial charge on any atom is 0.407 e. The molecule has 0 heterocycles. The zero-order chi connectivity index (χ0) is 17.0. The average molecular weight is 318 g/mol. The third-order valence-corrected chi connectivity index (χ3v) is 4.08. The minimum atomic E-state index is -0.447. The first-order valence-corrected chi connectivity index (χ1v) is 8.59. The molecule has 1 amide bonds. The van der Waals surface area contributed by atoms with E-state index in [0.29, 0.717) is 12.0 Å². The van der Waals surface area contributed by atoms with Crippen LogP contribution >= 0.6 is 0 Å². The van der Waals surface area contributed by atoms with Gasteiger partial charge in [-0.2, -0.15) is 0 Å². The topological polar surface area (TPSA) is 50.4 Å². The summed E-state index contributed by atoms with van der Waals surface area (Å²) in [5.74, 6) is 0.530. The van der Waals surface area contributed by atoms with Crippen LogP contribution in [0.1, 0.15) is 65.4 Å². The molecule has 1 aromatic carbocycles. The number of rotatable bonds is 4. The molecule has 0 saturated heterocycles. The van der Waals surface area contributed by atoms with E-state index in [1.807, 2.05) is 20.8 Å². The number of alkyl carbamates (subject to hydrolysis) is 1. The fourth-order valence-electron chi connectivity index (χ4n) is 2.94. The number of benzene rings is 1. The second-order valence-electron chi connectivity index (χ2n) is 7.78. The van der Waals surface area contributed by atoms with Gasteiger partial charge in [0.05, 0.1) is 0 Å². The normalized spacial score (nSPS) is 21.3. The molecule has 4 nitrogen and oxygen atoms in total. The zero-order valence-electron chi connectivity index (χ0n) is 15.0. The summed E-state index contributed by atoms with van der Waals surface area (Å²) in [6.07, 6.45) is 2.67. The number of hydrogen-bond acceptors (Lipinski definition) is 3. The first kappa shape index (κ1) is 17.6. The molecule has 1 aliphatic rings. The smallest absolute Gasteiger partial charge is 0.407 e. The van der Waals surface area contributed by atoms with Gasteiger partial charge in [-0.25, -0.2) is 4.79 Å². The third-order valence-electron chi connectivity index (χ3n) is 4.08. The molecule has 1 fully saturated rings. The van der Waals surface area contributed by atoms with Crippen LogP contribution in [-0.2, 0) is 4.74 Å². The summed E-state index contributed by atoms with van der Waals surface area (Å²) < 4.78 is 5.32. The van der Waals surface area contributed by atoms with Gasteiger partial charge < -0.3 is 15.4 Å². The molecule has 2 rings (SSSR count). The molecule has 4 heteroatoms. The Morgan fingerprint density at radius 2 is 1.91 bits per heavy atom. The quantitative estimate of drug-likeness (QED) is 0.848. The van der Waals surface area contributed by atoms with Gasteiger partial charge in [0.15, 0.2) is 0 Å². The first-order valence-electron chi connectivity index (χ1n) is 8.59. The van der Waals surface area contributed by atoms with Crippen LogP contribution in [0.2, 0.25) is 0 Å². The fourth-order valence-corrected chi connectivity index (χ4v) is 2.94. The van der Waals surface area contributed by atoms with Gasteiger partial charge in [-0.05, 0) is 63.6 Å². The highest BCUT2D eigenvalue weighted by Gasteiger charge is 2.27. The Labute approximate surface area is 140 Å². The molecule has 2 unspecified atom stereocenters. The number of amides is 1. The molecule has 0 spiro atoms. The van der Waals surface area contributed by atoms with E-state index in [-0.39, 0.29) is 12.1 Å². The summed E-state index contributed by atoms with van der Waals surface area (Å²) in [6, 6.07) is 9.19. The second-order valence-corrected chi connectivity index (χ2v) is 7.78. The Kier molecular flexibility index (Phi) is 5.55. The van der Waals surface area contributed by atoms with Gasteiger partial charge in [0.2, 0.25) is 0 Å². The van der Waals surface area contributed by atoms with Crippen molar-refractivity contribution in [2.75, 3.05) is 5.32 Å². The van der Waals surface area contributed by atoms with Crippen molar-refractivity contribution in [2.45, 2.75) is 77.5 Å². The molecule has 2 atom stereocenters. The lowest BCUT2D eigenvalue weighted by atomic mass is 10.0. The Bertz CT molecular complexity index is 534. The summed E-state index contributed by atoms with van der Waals surface area (Å²) in [4.78, 5) is 11.8. The number of ether oxygens (including phenoxy) is 1. The van der Waals surface area contributed by atoms with Crippen LogP contribution in [0, 0.1) is 0 Å². The highest BCUT2D eigenvalue weighted by molar-refractivity contribution is 5.68. The van der Waals surface area contributed by atoms with Crippen LogP contribution in [0.15, 0.2) is 24.3 Å². The van der Waals surface area contributed by atoms with Crippen LogP contribution in [0.5, 0.6) is 0 Å². The predicted molar refractivity (Wildman–Crippen MR) is 95.0 cm³/mol. The van der Waals surface area contributed by atoms with E-state index in [2.05, 4.69) is 48.7 Å². The standard InChI is InChI=1S/C19H30N2O2/c1-13(2)14-7-6-8-15(11-14)20-16-9-10-17(12-16)21-18(22)23-19(3,4)5/h6-8,11,13,16-17,20H,9-10,12H2,1-5H3,(H,21,22). The Morgan fingerprint density at radius 1 is 1.22 bits per heavy atom. The molecule has 0 aromatic heterocycles. The third kappa shape index (κ3) is 5.77. The molecule has 2 N–H and O–H groups in total. The van der Waals surface area contributed by atoms with E-state index in [1.54, 1.807) is 0 Å². The summed E-state index contributed by atoms with van der Waals surface area (Å²) in [5, 5.41) is 6.58. The molecule has 1 saturated carbocycles. The predicted octanol–water partition coefficient (Wildman–Crippen LogP) is 4.67. The molecule has 1 aromatic rings. The number of carbonyl (C=O) groups is 1. The molecule has 128 valence electrons. The van der Waals surface area contributed by atoms with Gasteiger partial charge in [0.25, 0.3) is 0 Å². The average Bonchev–Trinajstić information content (AvgIpc) is 2.83. The number of hydrogen-bond donors (Lipinski definition) is 2. The molecular weight excluding hydrogens is 288 g/mol. The maximum absolute atomic E-state index is 11.8. The van der Waals surface area contributed by atoms with E-state index in [1.165, 1.54) is 11.3 Å². The van der Waals surface area contributed by atoms with Gasteiger partial charge >= 0.3 is 6.09 Å². The second kappa shape index (κ2) is 7.24. The number of carbonyl (C=O) groups excluding carboxylic acids is 1. The Hall–Kier alpha value is -1.71. The lowest BCUT2D eigenvalue weighted by Gasteiger charge is -2.22. The summed E-state index contributed by atoms with van der Waals surface area (Å²) in [6.45, 7) is 10.1. The lowest BCUT2D eigenvalue weighted by Crippen LogP contribution is -2.38. The first-order chi connectivity index (χ1) is 10.7. The van der Waals surface area contributed by atoms with Crippen LogP contribution in [-0.4, -0.2) is 23.8 Å². The molecule has 0 aliphatic heterocycles.